The third kappa shape index (κ3) is 6.72. The van der Waals surface area contributed by atoms with Gasteiger partial charge in [-0.25, -0.2) is 0 Å². The van der Waals surface area contributed by atoms with Crippen molar-refractivity contribution in [2.75, 3.05) is 31.1 Å². The summed E-state index contributed by atoms with van der Waals surface area (Å²) in [4.78, 5) is 39.8. The molecule has 3 N–H and O–H groups in total. The third-order valence-corrected chi connectivity index (χ3v) is 6.55. The number of anilines is 1. The van der Waals surface area contributed by atoms with Crippen LogP contribution in [0.3, 0.4) is 0 Å². The minimum atomic E-state index is -0.281. The summed E-state index contributed by atoms with van der Waals surface area (Å²) in [5, 5.41) is 2.89. The van der Waals surface area contributed by atoms with Crippen LogP contribution < -0.4 is 26.2 Å². The predicted molar refractivity (Wildman–Crippen MR) is 140 cm³/mol. The van der Waals surface area contributed by atoms with Crippen LogP contribution in [0.5, 0.6) is 5.75 Å². The Bertz CT molecular complexity index is 1260. The molecule has 0 aliphatic rings. The van der Waals surface area contributed by atoms with E-state index >= 15 is 0 Å². The number of amides is 2. The lowest BCUT2D eigenvalue weighted by atomic mass is 10.1. The first-order valence-electron chi connectivity index (χ1n) is 11.2. The minimum absolute atomic E-state index is 0.00254. The molecule has 0 bridgehead atoms. The van der Waals surface area contributed by atoms with Crippen LogP contribution in [0.15, 0.2) is 53.5 Å². The smallest absolute Gasteiger partial charge is 0.297 e. The van der Waals surface area contributed by atoms with Gasteiger partial charge >= 0.3 is 0 Å². The molecule has 10 heteroatoms. The first-order valence-corrected chi connectivity index (χ1v) is 12.4. The summed E-state index contributed by atoms with van der Waals surface area (Å²) in [6.45, 7) is 6.74. The second-order valence-corrected chi connectivity index (χ2v) is 9.92. The number of benzene rings is 1. The van der Waals surface area contributed by atoms with Crippen molar-refractivity contribution in [3.05, 3.63) is 73.8 Å². The molecule has 1 unspecified atom stereocenters. The van der Waals surface area contributed by atoms with E-state index in [1.54, 1.807) is 35.4 Å². The molecule has 3 aromatic rings. The highest BCUT2D eigenvalue weighted by atomic mass is 35.5. The van der Waals surface area contributed by atoms with E-state index in [0.717, 1.165) is 5.56 Å². The molecule has 0 saturated heterocycles. The van der Waals surface area contributed by atoms with E-state index in [1.807, 2.05) is 32.0 Å². The predicted octanol–water partition coefficient (Wildman–Crippen LogP) is 3.62. The van der Waals surface area contributed by atoms with Crippen LogP contribution in [-0.2, 0) is 4.79 Å². The van der Waals surface area contributed by atoms with Gasteiger partial charge in [0.25, 0.3) is 11.5 Å². The van der Waals surface area contributed by atoms with Gasteiger partial charge in [0.15, 0.2) is 5.75 Å². The molecule has 0 aliphatic heterocycles. The monoisotopic (exact) mass is 516 g/mol. The fraction of sp³-hybridized carbons (Fsp3) is 0.320. The molecule has 2 aromatic heterocycles. The van der Waals surface area contributed by atoms with Crippen molar-refractivity contribution in [1.29, 1.82) is 0 Å². The molecule has 1 aromatic carbocycles. The molecule has 0 saturated carbocycles. The van der Waals surface area contributed by atoms with Gasteiger partial charge in [0.2, 0.25) is 5.91 Å². The molecule has 35 heavy (non-hydrogen) atoms. The zero-order valence-electron chi connectivity index (χ0n) is 19.9. The number of pyridine rings is 1. The zero-order valence-corrected chi connectivity index (χ0v) is 21.5. The number of halogens is 1. The Morgan fingerprint density at radius 3 is 2.66 bits per heavy atom. The van der Waals surface area contributed by atoms with Crippen LogP contribution in [0.4, 0.5) is 5.69 Å². The van der Waals surface area contributed by atoms with Crippen LogP contribution in [0.25, 0.3) is 5.69 Å². The Morgan fingerprint density at radius 2 is 2.03 bits per heavy atom. The Morgan fingerprint density at radius 1 is 1.26 bits per heavy atom. The molecule has 186 valence electrons. The van der Waals surface area contributed by atoms with Gasteiger partial charge < -0.3 is 20.7 Å². The van der Waals surface area contributed by atoms with E-state index in [4.69, 9.17) is 22.1 Å². The number of nitrogens with zero attached hydrogens (tertiary/aromatic N) is 2. The second-order valence-electron chi connectivity index (χ2n) is 8.20. The number of aryl methyl sites for hydroxylation is 1. The largest absolute Gasteiger partial charge is 0.487 e. The number of carbonyl (C=O) groups excluding carboxylic acids is 2. The number of nitrogens with two attached hydrogens (primary N) is 1. The average Bonchev–Trinajstić information content (AvgIpc) is 3.27. The van der Waals surface area contributed by atoms with E-state index in [1.165, 1.54) is 22.8 Å². The molecular weight excluding hydrogens is 488 g/mol. The highest BCUT2D eigenvalue weighted by Gasteiger charge is 2.18. The number of carbonyl (C=O) groups is 2. The van der Waals surface area contributed by atoms with Crippen molar-refractivity contribution in [2.24, 2.45) is 11.7 Å². The molecule has 3 rings (SSSR count). The Kier molecular flexibility index (Phi) is 9.08. The summed E-state index contributed by atoms with van der Waals surface area (Å²) in [5.41, 5.74) is 7.42. The van der Waals surface area contributed by atoms with Crippen LogP contribution in [0.2, 0.25) is 4.34 Å². The van der Waals surface area contributed by atoms with Gasteiger partial charge in [0.05, 0.1) is 14.9 Å². The summed E-state index contributed by atoms with van der Waals surface area (Å²) in [7, 11) is 0. The number of aromatic nitrogens is 1. The summed E-state index contributed by atoms with van der Waals surface area (Å²) in [6, 6.07) is 12.2. The first-order chi connectivity index (χ1) is 16.7. The van der Waals surface area contributed by atoms with Crippen molar-refractivity contribution in [2.45, 2.75) is 20.8 Å². The number of ether oxygens (including phenoxy) is 1. The standard InChI is InChI=1S/C25H29ClN4O4S/c1-16(14-28-24(32)22-8-9-23(26)35-22)15-30(18(3)31)19-6-7-20(17(2)13-19)29-11-4-5-21(25(29)33)34-12-10-27/h4-9,11,13,16H,10,12,14-15,27H2,1-3H3,(H,28,32). The SMILES string of the molecule is CC(=O)N(CC(C)CNC(=O)c1ccc(Cl)s1)c1ccc(-n2cccc(OCCN)c2=O)c(C)c1. The first kappa shape index (κ1) is 26.5. The maximum absolute atomic E-state index is 12.8. The van der Waals surface area contributed by atoms with E-state index in [0.29, 0.717) is 40.2 Å². The number of thiophene rings is 1. The number of hydrogen-bond acceptors (Lipinski definition) is 6. The number of nitrogens with one attached hydrogen (secondary N) is 1. The molecule has 0 radical (unpaired) electrons. The van der Waals surface area contributed by atoms with Crippen molar-refractivity contribution in [3.8, 4) is 11.4 Å². The number of rotatable bonds is 10. The normalized spacial score (nSPS) is 11.7. The van der Waals surface area contributed by atoms with Crippen molar-refractivity contribution >= 4 is 40.4 Å². The summed E-state index contributed by atoms with van der Waals surface area (Å²) >= 11 is 7.12. The molecule has 0 spiro atoms. The van der Waals surface area contributed by atoms with Crippen molar-refractivity contribution in [1.82, 2.24) is 9.88 Å². The van der Waals surface area contributed by atoms with Gasteiger partial charge in [-0.3, -0.25) is 19.0 Å². The highest BCUT2D eigenvalue weighted by Crippen LogP contribution is 2.24. The second kappa shape index (κ2) is 12.0. The Hall–Kier alpha value is -3.14. The third-order valence-electron chi connectivity index (χ3n) is 5.32. The summed E-state index contributed by atoms with van der Waals surface area (Å²) < 4.78 is 7.52. The molecule has 8 nitrogen and oxygen atoms in total. The lowest BCUT2D eigenvalue weighted by Gasteiger charge is -2.26. The van der Waals surface area contributed by atoms with Crippen molar-refractivity contribution in [3.63, 3.8) is 0 Å². The Labute approximate surface area is 213 Å². The van der Waals surface area contributed by atoms with Gasteiger partial charge in [0.1, 0.15) is 6.61 Å². The highest BCUT2D eigenvalue weighted by molar-refractivity contribution is 7.18. The summed E-state index contributed by atoms with van der Waals surface area (Å²) in [5.74, 6) is -0.0779. The van der Waals surface area contributed by atoms with Crippen LogP contribution in [0.1, 0.15) is 29.1 Å². The van der Waals surface area contributed by atoms with E-state index in [9.17, 15) is 14.4 Å². The maximum Gasteiger partial charge on any atom is 0.297 e. The zero-order chi connectivity index (χ0) is 25.5. The molecule has 2 heterocycles. The van der Waals surface area contributed by atoms with Gasteiger partial charge in [-0.2, -0.15) is 0 Å². The van der Waals surface area contributed by atoms with Crippen LogP contribution in [0, 0.1) is 12.8 Å². The molecule has 1 atom stereocenters. The lowest BCUT2D eigenvalue weighted by Crippen LogP contribution is -2.38. The van der Waals surface area contributed by atoms with Gasteiger partial charge in [-0.15, -0.1) is 11.3 Å². The topological polar surface area (TPSA) is 107 Å². The average molecular weight is 517 g/mol. The molecule has 2 amide bonds. The van der Waals surface area contributed by atoms with Gasteiger partial charge in [-0.1, -0.05) is 18.5 Å². The van der Waals surface area contributed by atoms with Crippen molar-refractivity contribution < 1.29 is 14.3 Å². The molecular formula is C25H29ClN4O4S. The Balaban J connectivity index is 1.74. The molecule has 0 fully saturated rings. The van der Waals surface area contributed by atoms with Gasteiger partial charge in [-0.05, 0) is 60.9 Å². The van der Waals surface area contributed by atoms with E-state index < -0.39 is 0 Å². The summed E-state index contributed by atoms with van der Waals surface area (Å²) in [6.07, 6.45) is 1.67. The quantitative estimate of drug-likeness (QED) is 0.428. The van der Waals surface area contributed by atoms with Gasteiger partial charge in [0, 0.05) is 38.4 Å². The van der Waals surface area contributed by atoms with E-state index in [2.05, 4.69) is 5.32 Å². The van der Waals surface area contributed by atoms with E-state index in [-0.39, 0.29) is 35.6 Å². The number of hydrogen-bond donors (Lipinski definition) is 2. The minimum Gasteiger partial charge on any atom is -0.487 e. The van der Waals surface area contributed by atoms with Crippen LogP contribution in [-0.4, -0.2) is 42.6 Å². The fourth-order valence-corrected chi connectivity index (χ4v) is 4.56. The lowest BCUT2D eigenvalue weighted by molar-refractivity contribution is -0.116. The molecule has 0 aliphatic carbocycles. The fourth-order valence-electron chi connectivity index (χ4n) is 3.60. The maximum atomic E-state index is 12.8. The van der Waals surface area contributed by atoms with Crippen LogP contribution >= 0.6 is 22.9 Å².